The lowest BCUT2D eigenvalue weighted by atomic mass is 10.0. The molecule has 0 aliphatic heterocycles. The molecule has 20 heavy (non-hydrogen) atoms. The van der Waals surface area contributed by atoms with Crippen LogP contribution in [0.1, 0.15) is 31.4 Å². The molecule has 0 aliphatic rings. The lowest BCUT2D eigenvalue weighted by Gasteiger charge is -2.17. The van der Waals surface area contributed by atoms with Gasteiger partial charge in [0.1, 0.15) is 6.04 Å². The van der Waals surface area contributed by atoms with E-state index < -0.39 is 12.0 Å². The van der Waals surface area contributed by atoms with Crippen molar-refractivity contribution in [3.05, 3.63) is 33.8 Å². The molecule has 1 amide bonds. The van der Waals surface area contributed by atoms with E-state index in [1.807, 2.05) is 39.0 Å². The Bertz CT molecular complexity index is 500. The van der Waals surface area contributed by atoms with Crippen LogP contribution in [0, 0.1) is 12.8 Å². The Morgan fingerprint density at radius 1 is 1.35 bits per heavy atom. The highest BCUT2D eigenvalue weighted by atomic mass is 79.9. The van der Waals surface area contributed by atoms with E-state index in [2.05, 4.69) is 21.2 Å². The van der Waals surface area contributed by atoms with Crippen molar-refractivity contribution in [2.75, 3.05) is 0 Å². The van der Waals surface area contributed by atoms with E-state index in [9.17, 15) is 9.59 Å². The van der Waals surface area contributed by atoms with Crippen molar-refractivity contribution < 1.29 is 14.7 Å². The molecule has 1 atom stereocenters. The van der Waals surface area contributed by atoms with E-state index >= 15 is 0 Å². The van der Waals surface area contributed by atoms with Crippen molar-refractivity contribution in [3.63, 3.8) is 0 Å². The number of carbonyl (C=O) groups is 2. The Morgan fingerprint density at radius 3 is 2.50 bits per heavy atom. The molecule has 1 aromatic rings. The van der Waals surface area contributed by atoms with Crippen LogP contribution in [0.25, 0.3) is 0 Å². The van der Waals surface area contributed by atoms with Crippen molar-refractivity contribution in [2.45, 2.75) is 39.7 Å². The fourth-order valence-electron chi connectivity index (χ4n) is 1.97. The second kappa shape index (κ2) is 7.43. The molecule has 5 heteroatoms. The fraction of sp³-hybridized carbons (Fsp3) is 0.467. The van der Waals surface area contributed by atoms with E-state index in [1.165, 1.54) is 0 Å². The number of halogens is 1. The van der Waals surface area contributed by atoms with Gasteiger partial charge in [0.25, 0.3) is 0 Å². The Hall–Kier alpha value is -1.36. The summed E-state index contributed by atoms with van der Waals surface area (Å²) in [6.07, 6.45) is 0.626. The number of hydrogen-bond acceptors (Lipinski definition) is 2. The van der Waals surface area contributed by atoms with E-state index in [0.717, 1.165) is 15.6 Å². The Labute approximate surface area is 127 Å². The van der Waals surface area contributed by atoms with Crippen LogP contribution in [0.15, 0.2) is 22.7 Å². The molecule has 0 heterocycles. The molecule has 1 aromatic carbocycles. The van der Waals surface area contributed by atoms with Gasteiger partial charge in [0, 0.05) is 4.47 Å². The van der Waals surface area contributed by atoms with Crippen LogP contribution in [0.3, 0.4) is 0 Å². The average molecular weight is 342 g/mol. The van der Waals surface area contributed by atoms with Gasteiger partial charge in [0.2, 0.25) is 5.91 Å². The van der Waals surface area contributed by atoms with Gasteiger partial charge < -0.3 is 10.4 Å². The highest BCUT2D eigenvalue weighted by molar-refractivity contribution is 9.10. The number of carboxylic acid groups (broad SMARTS) is 1. The number of aliphatic carboxylic acids is 1. The SMILES string of the molecule is Cc1cc(Br)ccc1CC(=O)N[C@@H](CC(C)C)C(=O)O. The Morgan fingerprint density at radius 2 is 2.00 bits per heavy atom. The normalized spacial score (nSPS) is 12.2. The van der Waals surface area contributed by atoms with Crippen LogP contribution in [-0.4, -0.2) is 23.0 Å². The van der Waals surface area contributed by atoms with E-state index in [1.54, 1.807) is 0 Å². The Balaban J connectivity index is 2.68. The summed E-state index contributed by atoms with van der Waals surface area (Å²) in [5.74, 6) is -1.03. The highest BCUT2D eigenvalue weighted by Crippen LogP contribution is 2.16. The maximum atomic E-state index is 12.0. The maximum absolute atomic E-state index is 12.0. The van der Waals surface area contributed by atoms with Crippen molar-refractivity contribution >= 4 is 27.8 Å². The summed E-state index contributed by atoms with van der Waals surface area (Å²) >= 11 is 3.37. The summed E-state index contributed by atoms with van der Waals surface area (Å²) in [5.41, 5.74) is 1.91. The molecule has 4 nitrogen and oxygen atoms in total. The lowest BCUT2D eigenvalue weighted by Crippen LogP contribution is -2.42. The summed E-state index contributed by atoms with van der Waals surface area (Å²) in [6, 6.07) is 4.86. The molecule has 0 bridgehead atoms. The van der Waals surface area contributed by atoms with Gasteiger partial charge in [0.15, 0.2) is 0 Å². The molecule has 0 saturated heterocycles. The molecule has 0 fully saturated rings. The van der Waals surface area contributed by atoms with Gasteiger partial charge in [-0.25, -0.2) is 4.79 Å². The summed E-state index contributed by atoms with van der Waals surface area (Å²) < 4.78 is 0.961. The molecule has 1 rings (SSSR count). The van der Waals surface area contributed by atoms with Crippen LogP contribution >= 0.6 is 15.9 Å². The number of carbonyl (C=O) groups excluding carboxylic acids is 1. The van der Waals surface area contributed by atoms with Crippen molar-refractivity contribution in [2.24, 2.45) is 5.92 Å². The van der Waals surface area contributed by atoms with Crippen LogP contribution in [0.4, 0.5) is 0 Å². The first kappa shape index (κ1) is 16.7. The van der Waals surface area contributed by atoms with Gasteiger partial charge in [0.05, 0.1) is 6.42 Å². The number of aryl methyl sites for hydroxylation is 1. The quantitative estimate of drug-likeness (QED) is 0.835. The third kappa shape index (κ3) is 5.33. The van der Waals surface area contributed by atoms with Crippen molar-refractivity contribution in [1.82, 2.24) is 5.32 Å². The first-order valence-corrected chi connectivity index (χ1v) is 7.36. The summed E-state index contributed by atoms with van der Waals surface area (Å²) in [6.45, 7) is 5.79. The maximum Gasteiger partial charge on any atom is 0.326 e. The first-order valence-electron chi connectivity index (χ1n) is 6.56. The molecular weight excluding hydrogens is 322 g/mol. The first-order chi connectivity index (χ1) is 9.29. The molecule has 0 radical (unpaired) electrons. The van der Waals surface area contributed by atoms with Crippen molar-refractivity contribution in [3.8, 4) is 0 Å². The van der Waals surface area contributed by atoms with Gasteiger partial charge in [-0.1, -0.05) is 35.8 Å². The number of rotatable bonds is 6. The minimum atomic E-state index is -0.987. The smallest absolute Gasteiger partial charge is 0.326 e. The van der Waals surface area contributed by atoms with Gasteiger partial charge in [-0.2, -0.15) is 0 Å². The predicted molar refractivity (Wildman–Crippen MR) is 81.6 cm³/mol. The van der Waals surface area contributed by atoms with Gasteiger partial charge in [-0.05, 0) is 42.5 Å². The largest absolute Gasteiger partial charge is 0.480 e. The van der Waals surface area contributed by atoms with Crippen LogP contribution in [-0.2, 0) is 16.0 Å². The standard InChI is InChI=1S/C15H20BrNO3/c1-9(2)6-13(15(19)20)17-14(18)8-11-4-5-12(16)7-10(11)3/h4-5,7,9,13H,6,8H2,1-3H3,(H,17,18)(H,19,20)/t13-/m0/s1. The van der Waals surface area contributed by atoms with Gasteiger partial charge in [-0.3, -0.25) is 4.79 Å². The lowest BCUT2D eigenvalue weighted by molar-refractivity contribution is -0.142. The molecule has 0 saturated carbocycles. The monoisotopic (exact) mass is 341 g/mol. The van der Waals surface area contributed by atoms with Gasteiger partial charge >= 0.3 is 5.97 Å². The summed E-state index contributed by atoms with van der Waals surface area (Å²) in [7, 11) is 0. The molecule has 110 valence electrons. The average Bonchev–Trinajstić information content (AvgIpc) is 2.31. The van der Waals surface area contributed by atoms with Gasteiger partial charge in [-0.15, -0.1) is 0 Å². The number of hydrogen-bond donors (Lipinski definition) is 2. The second-order valence-electron chi connectivity index (χ2n) is 5.34. The third-order valence-electron chi connectivity index (χ3n) is 3.00. The molecule has 0 aliphatic carbocycles. The zero-order chi connectivity index (χ0) is 15.3. The highest BCUT2D eigenvalue weighted by Gasteiger charge is 2.21. The summed E-state index contributed by atoms with van der Waals surface area (Å²) in [4.78, 5) is 23.1. The zero-order valence-corrected chi connectivity index (χ0v) is 13.5. The zero-order valence-electron chi connectivity index (χ0n) is 11.9. The fourth-order valence-corrected chi connectivity index (χ4v) is 2.44. The van der Waals surface area contributed by atoms with Crippen LogP contribution in [0.5, 0.6) is 0 Å². The minimum absolute atomic E-state index is 0.195. The van der Waals surface area contributed by atoms with E-state index in [4.69, 9.17) is 5.11 Å². The molecule has 0 spiro atoms. The molecule has 2 N–H and O–H groups in total. The molecule has 0 unspecified atom stereocenters. The van der Waals surface area contributed by atoms with Crippen molar-refractivity contribution in [1.29, 1.82) is 0 Å². The van der Waals surface area contributed by atoms with Crippen LogP contribution in [0.2, 0.25) is 0 Å². The topological polar surface area (TPSA) is 66.4 Å². The third-order valence-corrected chi connectivity index (χ3v) is 3.49. The number of nitrogens with one attached hydrogen (secondary N) is 1. The van der Waals surface area contributed by atoms with Crippen LogP contribution < -0.4 is 5.32 Å². The second-order valence-corrected chi connectivity index (χ2v) is 6.25. The molecular formula is C15H20BrNO3. The number of carboxylic acids is 1. The number of amides is 1. The summed E-state index contributed by atoms with van der Waals surface area (Å²) in [5, 5.41) is 11.7. The predicted octanol–water partition coefficient (Wildman–Crippen LogP) is 2.92. The molecule has 0 aromatic heterocycles. The minimum Gasteiger partial charge on any atom is -0.480 e. The van der Waals surface area contributed by atoms with E-state index in [-0.39, 0.29) is 18.2 Å². The number of benzene rings is 1. The Kier molecular flexibility index (Phi) is 6.20. The van der Waals surface area contributed by atoms with E-state index in [0.29, 0.717) is 6.42 Å².